The van der Waals surface area contributed by atoms with Crippen LogP contribution >= 0.6 is 0 Å². The highest BCUT2D eigenvalue weighted by Crippen LogP contribution is 2.27. The fraction of sp³-hybridized carbons (Fsp3) is 1.00. The minimum absolute atomic E-state index is 0.787. The van der Waals surface area contributed by atoms with Crippen LogP contribution < -0.4 is 5.73 Å². The molecule has 0 aliphatic heterocycles. The van der Waals surface area contributed by atoms with E-state index in [0.29, 0.717) is 0 Å². The van der Waals surface area contributed by atoms with Gasteiger partial charge in [0.25, 0.3) is 0 Å². The number of unbranched alkanes of at least 4 members (excludes halogenated alkanes) is 9. The fourth-order valence-corrected chi connectivity index (χ4v) is 3.86. The second kappa shape index (κ2) is 12.8. The molecule has 0 aromatic heterocycles. The van der Waals surface area contributed by atoms with Crippen LogP contribution in [0.3, 0.4) is 0 Å². The highest BCUT2D eigenvalue weighted by molar-refractivity contribution is 6.72. The molecule has 20 heavy (non-hydrogen) atoms. The molecule has 0 rings (SSSR count). The van der Waals surface area contributed by atoms with Crippen LogP contribution in [0.5, 0.6) is 0 Å². The smallest absolute Gasteiger partial charge is 0.188 e. The zero-order valence-corrected chi connectivity index (χ0v) is 15.5. The second-order valence-electron chi connectivity index (χ2n) is 6.82. The number of hydrogen-bond acceptors (Lipinski definition) is 2. The quantitative estimate of drug-likeness (QED) is 0.341. The Morgan fingerprint density at radius 3 is 1.60 bits per heavy atom. The summed E-state index contributed by atoms with van der Waals surface area (Å²) in [5, 5.41) is 0. The van der Waals surface area contributed by atoms with Crippen LogP contribution in [0.4, 0.5) is 0 Å². The first-order chi connectivity index (χ1) is 9.54. The van der Waals surface area contributed by atoms with Crippen LogP contribution in [0.25, 0.3) is 0 Å². The van der Waals surface area contributed by atoms with Crippen LogP contribution in [-0.4, -0.2) is 22.0 Å². The van der Waals surface area contributed by atoms with Crippen molar-refractivity contribution in [2.24, 2.45) is 5.73 Å². The van der Waals surface area contributed by atoms with Crippen LogP contribution in [0.2, 0.25) is 18.6 Å². The van der Waals surface area contributed by atoms with E-state index in [1.165, 1.54) is 70.6 Å². The van der Waals surface area contributed by atoms with Gasteiger partial charge in [-0.3, -0.25) is 0 Å². The zero-order valence-electron chi connectivity index (χ0n) is 14.5. The van der Waals surface area contributed by atoms with E-state index in [9.17, 15) is 0 Å². The van der Waals surface area contributed by atoms with Gasteiger partial charge in [0.05, 0.1) is 0 Å². The monoisotopic (exact) mass is 301 g/mol. The van der Waals surface area contributed by atoms with Gasteiger partial charge in [0.2, 0.25) is 0 Å². The lowest BCUT2D eigenvalue weighted by atomic mass is 10.1. The second-order valence-corrected chi connectivity index (χ2v) is 11.4. The molecule has 0 amide bonds. The molecule has 122 valence electrons. The van der Waals surface area contributed by atoms with E-state index in [0.717, 1.165) is 12.1 Å². The van der Waals surface area contributed by atoms with Gasteiger partial charge in [-0.2, -0.15) is 0 Å². The number of rotatable bonds is 14. The molecule has 0 bridgehead atoms. The van der Waals surface area contributed by atoms with E-state index in [1.807, 2.05) is 7.11 Å². The van der Waals surface area contributed by atoms with Gasteiger partial charge in [0.15, 0.2) is 8.32 Å². The molecule has 2 nitrogen and oxygen atoms in total. The van der Waals surface area contributed by atoms with Crippen molar-refractivity contribution in [3.8, 4) is 0 Å². The van der Waals surface area contributed by atoms with Crippen LogP contribution in [-0.2, 0) is 4.43 Å². The van der Waals surface area contributed by atoms with E-state index < -0.39 is 8.32 Å². The fourth-order valence-electron chi connectivity index (χ4n) is 2.56. The summed E-state index contributed by atoms with van der Waals surface area (Å²) >= 11 is 0. The first kappa shape index (κ1) is 20.1. The maximum Gasteiger partial charge on any atom is 0.188 e. The largest absolute Gasteiger partial charge is 0.420 e. The summed E-state index contributed by atoms with van der Waals surface area (Å²) in [6.45, 7) is 7.91. The van der Waals surface area contributed by atoms with Crippen molar-refractivity contribution in [2.45, 2.75) is 96.2 Å². The van der Waals surface area contributed by atoms with Gasteiger partial charge in [0, 0.05) is 7.11 Å². The highest BCUT2D eigenvalue weighted by atomic mass is 28.4. The Morgan fingerprint density at radius 2 is 1.20 bits per heavy atom. The van der Waals surface area contributed by atoms with Crippen molar-refractivity contribution < 1.29 is 4.43 Å². The molecule has 0 aromatic rings. The first-order valence-electron chi connectivity index (χ1n) is 8.79. The van der Waals surface area contributed by atoms with Crippen molar-refractivity contribution in [1.82, 2.24) is 0 Å². The summed E-state index contributed by atoms with van der Waals surface area (Å²) in [7, 11) is 0.498. The Bertz CT molecular complexity index is 209. The molecule has 0 radical (unpaired) electrons. The molecule has 0 aliphatic rings. The highest BCUT2D eigenvalue weighted by Gasteiger charge is 2.28. The summed E-state index contributed by atoms with van der Waals surface area (Å²) in [6, 6.07) is 0. The van der Waals surface area contributed by atoms with E-state index >= 15 is 0 Å². The number of hydrogen-bond donors (Lipinski definition) is 1. The lowest BCUT2D eigenvalue weighted by molar-refractivity contribution is 0.386. The van der Waals surface area contributed by atoms with Gasteiger partial charge in [-0.15, -0.1) is 0 Å². The standard InChI is InChI=1S/C17H39NOSi/c1-17(20(3,4)19-2)15-13-11-9-7-5-6-8-10-12-14-16-18/h17H,5-16,18H2,1-4H3. The molecule has 0 spiro atoms. The van der Waals surface area contributed by atoms with Crippen molar-refractivity contribution in [2.75, 3.05) is 13.7 Å². The molecule has 0 heterocycles. The molecular weight excluding hydrogens is 262 g/mol. The van der Waals surface area contributed by atoms with Gasteiger partial charge in [-0.25, -0.2) is 0 Å². The van der Waals surface area contributed by atoms with E-state index in [4.69, 9.17) is 10.2 Å². The summed E-state index contributed by atoms with van der Waals surface area (Å²) in [6.07, 6.45) is 15.2. The summed E-state index contributed by atoms with van der Waals surface area (Å²) in [5.74, 6) is 0. The topological polar surface area (TPSA) is 35.2 Å². The Hall–Kier alpha value is 0.137. The van der Waals surface area contributed by atoms with E-state index in [1.54, 1.807) is 0 Å². The third kappa shape index (κ3) is 10.9. The SMILES string of the molecule is CO[Si](C)(C)C(C)CCCCCCCCCCCCN. The van der Waals surface area contributed by atoms with Gasteiger partial charge >= 0.3 is 0 Å². The summed E-state index contributed by atoms with van der Waals surface area (Å²) in [5.41, 5.74) is 6.28. The van der Waals surface area contributed by atoms with Gasteiger partial charge in [-0.05, 0) is 31.6 Å². The molecule has 0 aliphatic carbocycles. The van der Waals surface area contributed by atoms with E-state index in [2.05, 4.69) is 20.0 Å². The normalized spacial score (nSPS) is 13.7. The van der Waals surface area contributed by atoms with Crippen LogP contribution in [0.15, 0.2) is 0 Å². The molecule has 0 saturated heterocycles. The van der Waals surface area contributed by atoms with Crippen LogP contribution in [0.1, 0.15) is 77.6 Å². The molecule has 1 unspecified atom stereocenters. The Kier molecular flexibility index (Phi) is 12.9. The van der Waals surface area contributed by atoms with E-state index in [-0.39, 0.29) is 0 Å². The Morgan fingerprint density at radius 1 is 0.800 bits per heavy atom. The van der Waals surface area contributed by atoms with Gasteiger partial charge in [0.1, 0.15) is 0 Å². The van der Waals surface area contributed by atoms with Gasteiger partial charge in [-0.1, -0.05) is 71.1 Å². The predicted molar refractivity (Wildman–Crippen MR) is 93.8 cm³/mol. The minimum atomic E-state index is -1.39. The molecule has 3 heteroatoms. The van der Waals surface area contributed by atoms with Crippen molar-refractivity contribution >= 4 is 8.32 Å². The molecule has 0 fully saturated rings. The average Bonchev–Trinajstić information content (AvgIpc) is 2.44. The van der Waals surface area contributed by atoms with Crippen molar-refractivity contribution in [1.29, 1.82) is 0 Å². The summed E-state index contributed by atoms with van der Waals surface area (Å²) < 4.78 is 5.68. The molecular formula is C17H39NOSi. The summed E-state index contributed by atoms with van der Waals surface area (Å²) in [4.78, 5) is 0. The minimum Gasteiger partial charge on any atom is -0.420 e. The van der Waals surface area contributed by atoms with Crippen molar-refractivity contribution in [3.05, 3.63) is 0 Å². The lowest BCUT2D eigenvalue weighted by Crippen LogP contribution is -2.33. The maximum atomic E-state index is 5.68. The maximum absolute atomic E-state index is 5.68. The predicted octanol–water partition coefficient (Wildman–Crippen LogP) is 5.48. The lowest BCUT2D eigenvalue weighted by Gasteiger charge is -2.27. The third-order valence-electron chi connectivity index (χ3n) is 4.80. The molecule has 0 saturated carbocycles. The first-order valence-corrected chi connectivity index (χ1v) is 11.8. The molecule has 2 N–H and O–H groups in total. The third-order valence-corrected chi connectivity index (χ3v) is 8.52. The molecule has 0 aromatic carbocycles. The number of nitrogens with two attached hydrogens (primary N) is 1. The van der Waals surface area contributed by atoms with Gasteiger partial charge < -0.3 is 10.2 Å². The zero-order chi connectivity index (χ0) is 15.3. The van der Waals surface area contributed by atoms with Crippen LogP contribution in [0, 0.1) is 0 Å². The van der Waals surface area contributed by atoms with Crippen molar-refractivity contribution in [3.63, 3.8) is 0 Å². The Labute approximate surface area is 129 Å². The Balaban J connectivity index is 3.25. The average molecular weight is 302 g/mol. The molecule has 1 atom stereocenters.